The van der Waals surface area contributed by atoms with Gasteiger partial charge in [-0.1, -0.05) is 12.1 Å². The molecule has 0 bridgehead atoms. The van der Waals surface area contributed by atoms with Crippen LogP contribution < -0.4 is 0 Å². The van der Waals surface area contributed by atoms with Gasteiger partial charge in [-0.25, -0.2) is 14.1 Å². The highest BCUT2D eigenvalue weighted by Crippen LogP contribution is 2.18. The highest BCUT2D eigenvalue weighted by atomic mass is 19.1. The number of rotatable bonds is 5. The van der Waals surface area contributed by atoms with Crippen LogP contribution in [0.1, 0.15) is 11.3 Å². The molecule has 0 saturated heterocycles. The molecule has 0 amide bonds. The van der Waals surface area contributed by atoms with Crippen LogP contribution in [0, 0.1) is 5.82 Å². The Hall–Kier alpha value is -3.12. The maximum Gasteiger partial charge on any atom is 0.123 e. The van der Waals surface area contributed by atoms with Crippen molar-refractivity contribution >= 4 is 11.0 Å². The summed E-state index contributed by atoms with van der Waals surface area (Å²) in [4.78, 5) is 11.2. The van der Waals surface area contributed by atoms with E-state index in [1.54, 1.807) is 29.2 Å². The van der Waals surface area contributed by atoms with Crippen LogP contribution in [0.4, 0.5) is 4.39 Å². The van der Waals surface area contributed by atoms with Gasteiger partial charge in [0, 0.05) is 25.5 Å². The van der Waals surface area contributed by atoms with Crippen molar-refractivity contribution in [2.45, 2.75) is 13.1 Å². The fourth-order valence-electron chi connectivity index (χ4n) is 3.01. The maximum absolute atomic E-state index is 13.8. The Morgan fingerprint density at radius 2 is 1.88 bits per heavy atom. The van der Waals surface area contributed by atoms with Crippen molar-refractivity contribution in [2.75, 3.05) is 7.05 Å². The van der Waals surface area contributed by atoms with E-state index >= 15 is 0 Å². The Kier molecular flexibility index (Phi) is 4.41. The molecule has 2 heterocycles. The van der Waals surface area contributed by atoms with Crippen molar-refractivity contribution in [3.05, 3.63) is 84.2 Å². The molecular formula is C20H18FN5. The first kappa shape index (κ1) is 16.4. The second-order valence-corrected chi connectivity index (χ2v) is 6.25. The first-order valence-electron chi connectivity index (χ1n) is 8.37. The first-order chi connectivity index (χ1) is 12.7. The number of benzene rings is 2. The zero-order chi connectivity index (χ0) is 17.9. The van der Waals surface area contributed by atoms with Crippen molar-refractivity contribution in [1.29, 1.82) is 0 Å². The van der Waals surface area contributed by atoms with E-state index in [1.165, 1.54) is 6.07 Å². The summed E-state index contributed by atoms with van der Waals surface area (Å²) in [7, 11) is 1.98. The van der Waals surface area contributed by atoms with E-state index in [0.717, 1.165) is 28.0 Å². The highest BCUT2D eigenvalue weighted by molar-refractivity contribution is 5.73. The number of hydrogen-bond donors (Lipinski definition) is 0. The Bertz CT molecular complexity index is 1030. The lowest BCUT2D eigenvalue weighted by Gasteiger charge is -2.18. The molecule has 0 radical (unpaired) electrons. The minimum Gasteiger partial charge on any atom is -0.296 e. The summed E-state index contributed by atoms with van der Waals surface area (Å²) in [5, 5.41) is 4.26. The van der Waals surface area contributed by atoms with Gasteiger partial charge in [-0.3, -0.25) is 9.88 Å². The molecule has 4 aromatic rings. The van der Waals surface area contributed by atoms with Crippen molar-refractivity contribution in [3.8, 4) is 5.69 Å². The van der Waals surface area contributed by atoms with Crippen LogP contribution in [0.5, 0.6) is 0 Å². The molecule has 0 N–H and O–H groups in total. The van der Waals surface area contributed by atoms with Crippen LogP contribution in [0.15, 0.2) is 67.1 Å². The van der Waals surface area contributed by atoms with Crippen molar-refractivity contribution in [1.82, 2.24) is 24.6 Å². The lowest BCUT2D eigenvalue weighted by molar-refractivity contribution is 0.314. The minimum atomic E-state index is -0.255. The molecular weight excluding hydrogens is 329 g/mol. The highest BCUT2D eigenvalue weighted by Gasteiger charge is 2.11. The fraction of sp³-hybridized carbons (Fsp3) is 0.150. The van der Waals surface area contributed by atoms with Crippen LogP contribution in [-0.4, -0.2) is 31.7 Å². The molecule has 2 aromatic carbocycles. The number of nitrogens with zero attached hydrogens (tertiary/aromatic N) is 5. The molecule has 0 fully saturated rings. The summed E-state index contributed by atoms with van der Waals surface area (Å²) in [6, 6.07) is 14.4. The van der Waals surface area contributed by atoms with Crippen molar-refractivity contribution in [3.63, 3.8) is 0 Å². The van der Waals surface area contributed by atoms with E-state index in [9.17, 15) is 4.39 Å². The maximum atomic E-state index is 13.8. The van der Waals surface area contributed by atoms with Crippen LogP contribution in [-0.2, 0) is 13.1 Å². The predicted octanol–water partition coefficient (Wildman–Crippen LogP) is 3.59. The van der Waals surface area contributed by atoms with Gasteiger partial charge in [0.2, 0.25) is 0 Å². The minimum absolute atomic E-state index is 0.255. The molecule has 26 heavy (non-hydrogen) atoms. The van der Waals surface area contributed by atoms with Gasteiger partial charge in [0.25, 0.3) is 0 Å². The molecule has 2 aromatic heterocycles. The molecule has 0 unspecified atom stereocenters. The van der Waals surface area contributed by atoms with Gasteiger partial charge < -0.3 is 0 Å². The average Bonchev–Trinajstić information content (AvgIpc) is 3.16. The summed E-state index contributed by atoms with van der Waals surface area (Å²) >= 11 is 0. The van der Waals surface area contributed by atoms with Gasteiger partial charge in [-0.05, 0) is 49.0 Å². The fourth-order valence-corrected chi connectivity index (χ4v) is 3.01. The molecule has 6 heteroatoms. The van der Waals surface area contributed by atoms with Crippen LogP contribution >= 0.6 is 0 Å². The molecule has 0 aliphatic carbocycles. The summed E-state index contributed by atoms with van der Waals surface area (Å²) in [5.74, 6) is -0.255. The molecule has 0 aliphatic heterocycles. The lowest BCUT2D eigenvalue weighted by Crippen LogP contribution is -2.19. The molecule has 4 rings (SSSR count). The molecule has 0 spiro atoms. The van der Waals surface area contributed by atoms with Crippen molar-refractivity contribution < 1.29 is 4.39 Å². The van der Waals surface area contributed by atoms with E-state index in [2.05, 4.69) is 20.0 Å². The molecule has 0 aliphatic rings. The van der Waals surface area contributed by atoms with Crippen LogP contribution in [0.25, 0.3) is 16.7 Å². The number of fused-ring (bicyclic) bond motifs is 1. The van der Waals surface area contributed by atoms with E-state index in [4.69, 9.17) is 0 Å². The number of para-hydroxylation sites is 2. The van der Waals surface area contributed by atoms with Gasteiger partial charge in [-0.2, -0.15) is 5.10 Å². The second kappa shape index (κ2) is 7.01. The average molecular weight is 347 g/mol. The first-order valence-corrected chi connectivity index (χ1v) is 8.37. The normalized spacial score (nSPS) is 11.3. The van der Waals surface area contributed by atoms with Gasteiger partial charge >= 0.3 is 0 Å². The van der Waals surface area contributed by atoms with E-state index < -0.39 is 0 Å². The lowest BCUT2D eigenvalue weighted by atomic mass is 10.1. The third-order valence-corrected chi connectivity index (χ3v) is 4.16. The summed E-state index contributed by atoms with van der Waals surface area (Å²) in [6.45, 7) is 1.19. The summed E-state index contributed by atoms with van der Waals surface area (Å²) in [5.41, 5.74) is 4.37. The SMILES string of the molecule is CN(Cc1cnc2ccccc2n1)Cc1cc(F)ccc1-n1cccn1. The Labute approximate surface area is 150 Å². The standard InChI is InChI=1S/C20H18FN5/c1-25(14-17-12-22-18-5-2-3-6-19(18)24-17)13-15-11-16(21)7-8-20(15)26-10-4-9-23-26/h2-12H,13-14H2,1H3. The zero-order valence-electron chi connectivity index (χ0n) is 14.4. The summed E-state index contributed by atoms with van der Waals surface area (Å²) < 4.78 is 15.5. The number of aromatic nitrogens is 4. The van der Waals surface area contributed by atoms with E-state index in [0.29, 0.717) is 13.1 Å². The van der Waals surface area contributed by atoms with Gasteiger partial charge in [0.1, 0.15) is 5.82 Å². The Balaban J connectivity index is 1.56. The monoisotopic (exact) mass is 347 g/mol. The van der Waals surface area contributed by atoms with E-state index in [1.807, 2.05) is 43.6 Å². The third-order valence-electron chi connectivity index (χ3n) is 4.16. The molecule has 5 nitrogen and oxygen atoms in total. The quantitative estimate of drug-likeness (QED) is 0.554. The number of hydrogen-bond acceptors (Lipinski definition) is 4. The smallest absolute Gasteiger partial charge is 0.123 e. The Morgan fingerprint density at radius 1 is 1.04 bits per heavy atom. The van der Waals surface area contributed by atoms with Gasteiger partial charge in [0.05, 0.1) is 28.6 Å². The zero-order valence-corrected chi connectivity index (χ0v) is 14.4. The second-order valence-electron chi connectivity index (χ2n) is 6.25. The van der Waals surface area contributed by atoms with E-state index in [-0.39, 0.29) is 5.82 Å². The van der Waals surface area contributed by atoms with Crippen LogP contribution in [0.2, 0.25) is 0 Å². The van der Waals surface area contributed by atoms with Gasteiger partial charge in [0.15, 0.2) is 0 Å². The van der Waals surface area contributed by atoms with Crippen molar-refractivity contribution in [2.24, 2.45) is 0 Å². The molecule has 0 atom stereocenters. The molecule has 130 valence electrons. The third kappa shape index (κ3) is 3.45. The topological polar surface area (TPSA) is 46.8 Å². The molecule has 0 saturated carbocycles. The predicted molar refractivity (Wildman–Crippen MR) is 98.2 cm³/mol. The largest absolute Gasteiger partial charge is 0.296 e. The van der Waals surface area contributed by atoms with Gasteiger partial charge in [-0.15, -0.1) is 0 Å². The number of halogens is 1. The van der Waals surface area contributed by atoms with Crippen LogP contribution in [0.3, 0.4) is 0 Å². The summed E-state index contributed by atoms with van der Waals surface area (Å²) in [6.07, 6.45) is 5.35. The Morgan fingerprint density at radius 3 is 2.69 bits per heavy atom.